The topological polar surface area (TPSA) is 55.1 Å². The predicted molar refractivity (Wildman–Crippen MR) is 97.1 cm³/mol. The van der Waals surface area contributed by atoms with E-state index in [1.54, 1.807) is 0 Å². The van der Waals surface area contributed by atoms with E-state index >= 15 is 0 Å². The van der Waals surface area contributed by atoms with Crippen molar-refractivity contribution in [3.05, 3.63) is 96.1 Å². The van der Waals surface area contributed by atoms with Crippen LogP contribution in [-0.2, 0) is 11.3 Å². The number of carbonyl (C=O) groups is 1. The van der Waals surface area contributed by atoms with Gasteiger partial charge in [-0.3, -0.25) is 4.79 Å². The first-order chi connectivity index (χ1) is 11.7. The second-order valence-electron chi connectivity index (χ2n) is 5.67. The molecule has 1 unspecified atom stereocenters. The van der Waals surface area contributed by atoms with Crippen LogP contribution in [0.3, 0.4) is 0 Å². The highest BCUT2D eigenvalue weighted by Gasteiger charge is 2.15. The summed E-state index contributed by atoms with van der Waals surface area (Å²) in [6.45, 7) is 0.482. The smallest absolute Gasteiger partial charge is 0.241 e. The Labute approximate surface area is 142 Å². The molecule has 0 saturated heterocycles. The van der Waals surface area contributed by atoms with E-state index < -0.39 is 6.04 Å². The van der Waals surface area contributed by atoms with Crippen LogP contribution in [0.2, 0.25) is 0 Å². The standard InChI is InChI=1S/C21H20N2O/c22-20(21(24)23-15-16-7-3-1-4-8-16)19-13-11-18(12-14-19)17-9-5-2-6-10-17/h1-14,20H,15,22H2,(H,23,24). The Hall–Kier alpha value is -2.91. The second-order valence-corrected chi connectivity index (χ2v) is 5.67. The molecule has 0 aromatic heterocycles. The summed E-state index contributed by atoms with van der Waals surface area (Å²) >= 11 is 0. The van der Waals surface area contributed by atoms with Gasteiger partial charge in [-0.15, -0.1) is 0 Å². The number of amides is 1. The van der Waals surface area contributed by atoms with Gasteiger partial charge in [0.25, 0.3) is 0 Å². The Morgan fingerprint density at radius 3 is 1.96 bits per heavy atom. The maximum absolute atomic E-state index is 12.2. The zero-order valence-electron chi connectivity index (χ0n) is 13.4. The normalized spacial score (nSPS) is 11.7. The first kappa shape index (κ1) is 16.0. The number of rotatable bonds is 5. The molecular formula is C21H20N2O. The van der Waals surface area contributed by atoms with Crippen molar-refractivity contribution in [2.24, 2.45) is 5.73 Å². The van der Waals surface area contributed by atoms with Crippen molar-refractivity contribution in [1.29, 1.82) is 0 Å². The van der Waals surface area contributed by atoms with Crippen LogP contribution in [0.4, 0.5) is 0 Å². The lowest BCUT2D eigenvalue weighted by molar-refractivity contribution is -0.122. The summed E-state index contributed by atoms with van der Waals surface area (Å²) in [5.74, 6) is -0.175. The van der Waals surface area contributed by atoms with E-state index in [4.69, 9.17) is 5.73 Å². The van der Waals surface area contributed by atoms with Gasteiger partial charge >= 0.3 is 0 Å². The van der Waals surface area contributed by atoms with Crippen molar-refractivity contribution in [2.45, 2.75) is 12.6 Å². The van der Waals surface area contributed by atoms with Gasteiger partial charge in [-0.05, 0) is 22.3 Å². The van der Waals surface area contributed by atoms with Gasteiger partial charge in [0.2, 0.25) is 5.91 Å². The monoisotopic (exact) mass is 316 g/mol. The quantitative estimate of drug-likeness (QED) is 0.754. The second kappa shape index (κ2) is 7.57. The van der Waals surface area contributed by atoms with Crippen LogP contribution in [-0.4, -0.2) is 5.91 Å². The van der Waals surface area contributed by atoms with Gasteiger partial charge in [0.1, 0.15) is 6.04 Å². The predicted octanol–water partition coefficient (Wildman–Crippen LogP) is 3.67. The molecule has 3 rings (SSSR count). The molecule has 120 valence electrons. The minimum atomic E-state index is -0.668. The minimum Gasteiger partial charge on any atom is -0.350 e. The van der Waals surface area contributed by atoms with Crippen LogP contribution in [0.25, 0.3) is 11.1 Å². The molecule has 0 aliphatic heterocycles. The van der Waals surface area contributed by atoms with Crippen molar-refractivity contribution < 1.29 is 4.79 Å². The summed E-state index contributed by atoms with van der Waals surface area (Å²) in [7, 11) is 0. The lowest BCUT2D eigenvalue weighted by Gasteiger charge is -2.13. The van der Waals surface area contributed by atoms with E-state index in [0.29, 0.717) is 6.54 Å². The van der Waals surface area contributed by atoms with E-state index in [0.717, 1.165) is 22.3 Å². The van der Waals surface area contributed by atoms with Gasteiger partial charge in [0, 0.05) is 6.54 Å². The Kier molecular flexibility index (Phi) is 5.04. The Morgan fingerprint density at radius 2 is 1.33 bits per heavy atom. The van der Waals surface area contributed by atoms with Crippen molar-refractivity contribution in [1.82, 2.24) is 5.32 Å². The molecule has 0 bridgehead atoms. The van der Waals surface area contributed by atoms with Gasteiger partial charge < -0.3 is 11.1 Å². The molecule has 3 aromatic carbocycles. The summed E-state index contributed by atoms with van der Waals surface area (Å²) in [5.41, 5.74) is 10.2. The Morgan fingerprint density at radius 1 is 0.792 bits per heavy atom. The number of benzene rings is 3. The van der Waals surface area contributed by atoms with Gasteiger partial charge in [0.05, 0.1) is 0 Å². The van der Waals surface area contributed by atoms with Crippen molar-refractivity contribution >= 4 is 5.91 Å². The largest absolute Gasteiger partial charge is 0.350 e. The van der Waals surface area contributed by atoms with Crippen molar-refractivity contribution in [3.8, 4) is 11.1 Å². The Bertz CT molecular complexity index is 783. The number of nitrogens with one attached hydrogen (secondary N) is 1. The molecule has 1 atom stereocenters. The first-order valence-corrected chi connectivity index (χ1v) is 7.96. The van der Waals surface area contributed by atoms with Crippen LogP contribution < -0.4 is 11.1 Å². The summed E-state index contributed by atoms with van der Waals surface area (Å²) in [6, 6.07) is 27.1. The molecule has 0 aliphatic rings. The van der Waals surface area contributed by atoms with Crippen LogP contribution in [0, 0.1) is 0 Å². The zero-order chi connectivity index (χ0) is 16.8. The van der Waals surface area contributed by atoms with Crippen molar-refractivity contribution in [3.63, 3.8) is 0 Å². The van der Waals surface area contributed by atoms with Gasteiger partial charge in [-0.2, -0.15) is 0 Å². The van der Waals surface area contributed by atoms with E-state index in [-0.39, 0.29) is 5.91 Å². The molecule has 0 radical (unpaired) electrons. The zero-order valence-corrected chi connectivity index (χ0v) is 13.4. The van der Waals surface area contributed by atoms with E-state index in [2.05, 4.69) is 17.4 Å². The molecule has 0 saturated carbocycles. The fourth-order valence-corrected chi connectivity index (χ4v) is 2.56. The number of nitrogens with two attached hydrogens (primary N) is 1. The molecule has 0 aliphatic carbocycles. The molecule has 24 heavy (non-hydrogen) atoms. The molecule has 1 amide bonds. The maximum Gasteiger partial charge on any atom is 0.241 e. The van der Waals surface area contributed by atoms with Crippen LogP contribution in [0.15, 0.2) is 84.9 Å². The molecular weight excluding hydrogens is 296 g/mol. The van der Waals surface area contributed by atoms with Crippen LogP contribution in [0.5, 0.6) is 0 Å². The highest BCUT2D eigenvalue weighted by Crippen LogP contribution is 2.21. The minimum absolute atomic E-state index is 0.175. The SMILES string of the molecule is NC(C(=O)NCc1ccccc1)c1ccc(-c2ccccc2)cc1. The average Bonchev–Trinajstić information content (AvgIpc) is 2.67. The summed E-state index contributed by atoms with van der Waals surface area (Å²) in [6.07, 6.45) is 0. The van der Waals surface area contributed by atoms with E-state index in [9.17, 15) is 4.79 Å². The average molecular weight is 316 g/mol. The molecule has 0 spiro atoms. The van der Waals surface area contributed by atoms with Gasteiger partial charge in [0.15, 0.2) is 0 Å². The molecule has 3 nitrogen and oxygen atoms in total. The first-order valence-electron chi connectivity index (χ1n) is 7.96. The molecule has 3 N–H and O–H groups in total. The molecule has 3 aromatic rings. The van der Waals surface area contributed by atoms with E-state index in [1.165, 1.54) is 0 Å². The number of carbonyl (C=O) groups excluding carboxylic acids is 1. The van der Waals surface area contributed by atoms with Gasteiger partial charge in [-0.25, -0.2) is 0 Å². The Balaban J connectivity index is 1.64. The summed E-state index contributed by atoms with van der Waals surface area (Å²) in [5, 5.41) is 2.88. The fourth-order valence-electron chi connectivity index (χ4n) is 2.56. The highest BCUT2D eigenvalue weighted by molar-refractivity contribution is 5.83. The van der Waals surface area contributed by atoms with Crippen LogP contribution >= 0.6 is 0 Å². The number of hydrogen-bond donors (Lipinski definition) is 2. The van der Waals surface area contributed by atoms with Gasteiger partial charge in [-0.1, -0.05) is 84.9 Å². The van der Waals surface area contributed by atoms with Crippen molar-refractivity contribution in [2.75, 3.05) is 0 Å². The third kappa shape index (κ3) is 3.89. The fraction of sp³-hybridized carbons (Fsp3) is 0.0952. The number of hydrogen-bond acceptors (Lipinski definition) is 2. The maximum atomic E-state index is 12.2. The summed E-state index contributed by atoms with van der Waals surface area (Å²) < 4.78 is 0. The van der Waals surface area contributed by atoms with E-state index in [1.807, 2.05) is 72.8 Å². The summed E-state index contributed by atoms with van der Waals surface area (Å²) in [4.78, 5) is 12.2. The highest BCUT2D eigenvalue weighted by atomic mass is 16.2. The third-order valence-corrected chi connectivity index (χ3v) is 3.97. The third-order valence-electron chi connectivity index (χ3n) is 3.97. The molecule has 3 heteroatoms. The molecule has 0 heterocycles. The van der Waals surface area contributed by atoms with Crippen LogP contribution in [0.1, 0.15) is 17.2 Å². The lowest BCUT2D eigenvalue weighted by atomic mass is 10.0. The lowest BCUT2D eigenvalue weighted by Crippen LogP contribution is -2.33. The molecule has 0 fully saturated rings.